The molecule has 0 spiro atoms. The largest absolute Gasteiger partial charge is 0.399 e. The molecular weight excluding hydrogens is 268 g/mol. The Hall–Kier alpha value is -1.83. The molecule has 0 fully saturated rings. The molecule has 0 atom stereocenters. The Morgan fingerprint density at radius 3 is 1.79 bits per heavy atom. The maximum atomic E-state index is 8.74. The molecule has 106 valence electrons. The average molecular weight is 286 g/mol. The second-order valence-electron chi connectivity index (χ2n) is 3.52. The van der Waals surface area contributed by atoms with Crippen molar-refractivity contribution in [2.45, 2.75) is 0 Å². The lowest BCUT2D eigenvalue weighted by molar-refractivity contribution is 0.381. The number of benzene rings is 1. The molecule has 0 aromatic heterocycles. The first-order valence-corrected chi connectivity index (χ1v) is 6.69. The Kier molecular flexibility index (Phi) is 7.50. The zero-order chi connectivity index (χ0) is 14.9. The fourth-order valence-electron chi connectivity index (χ4n) is 1.28. The lowest BCUT2D eigenvalue weighted by atomic mass is 10.2. The molecule has 1 aromatic rings. The highest BCUT2D eigenvalue weighted by molar-refractivity contribution is 7.79. The molecule has 7 heteroatoms. The highest BCUT2D eigenvalue weighted by atomic mass is 32.3. The highest BCUT2D eigenvalue weighted by Gasteiger charge is 2.01. The normalized spacial score (nSPS) is 10.0. The third-order valence-electron chi connectivity index (χ3n) is 1.96. The number of anilines is 2. The van der Waals surface area contributed by atoms with E-state index < -0.39 is 10.4 Å². The van der Waals surface area contributed by atoms with Crippen molar-refractivity contribution in [2.24, 2.45) is 0 Å². The van der Waals surface area contributed by atoms with Crippen molar-refractivity contribution in [1.82, 2.24) is 0 Å². The van der Waals surface area contributed by atoms with E-state index in [1.54, 1.807) is 0 Å². The van der Waals surface area contributed by atoms with E-state index in [2.05, 4.69) is 18.1 Å². The first kappa shape index (κ1) is 17.2. The monoisotopic (exact) mass is 286 g/mol. The van der Waals surface area contributed by atoms with Crippen molar-refractivity contribution in [3.05, 3.63) is 49.6 Å². The molecule has 1 rings (SSSR count). The van der Waals surface area contributed by atoms with Gasteiger partial charge < -0.3 is 10.6 Å². The third-order valence-corrected chi connectivity index (χ3v) is 1.96. The van der Waals surface area contributed by atoms with Crippen LogP contribution in [0.15, 0.2) is 49.6 Å². The van der Waals surface area contributed by atoms with Gasteiger partial charge in [-0.3, -0.25) is 9.11 Å². The zero-order valence-corrected chi connectivity index (χ0v) is 11.3. The standard InChI is InChI=1S/C12H16N2.H2O4S/c1-3-9-14(10-4-2)12-7-5-11(13)6-8-12;1-5(2,3)4/h3-8H,1-2,9-10,13H2;(H2,1,2,3,4). The van der Waals surface area contributed by atoms with Crippen molar-refractivity contribution in [3.8, 4) is 0 Å². The summed E-state index contributed by atoms with van der Waals surface area (Å²) in [5.74, 6) is 0. The molecule has 6 nitrogen and oxygen atoms in total. The van der Waals surface area contributed by atoms with Gasteiger partial charge in [0.25, 0.3) is 0 Å². The van der Waals surface area contributed by atoms with E-state index in [4.69, 9.17) is 23.3 Å². The van der Waals surface area contributed by atoms with Gasteiger partial charge in [0.1, 0.15) is 0 Å². The molecule has 19 heavy (non-hydrogen) atoms. The minimum atomic E-state index is -4.67. The van der Waals surface area contributed by atoms with Crippen molar-refractivity contribution >= 4 is 21.8 Å². The maximum Gasteiger partial charge on any atom is 0.394 e. The van der Waals surface area contributed by atoms with E-state index in [0.29, 0.717) is 0 Å². The first-order chi connectivity index (χ1) is 8.77. The van der Waals surface area contributed by atoms with Crippen LogP contribution in [0.3, 0.4) is 0 Å². The summed E-state index contributed by atoms with van der Waals surface area (Å²) in [6.07, 6.45) is 3.75. The average Bonchev–Trinajstić information content (AvgIpc) is 2.28. The van der Waals surface area contributed by atoms with Crippen LogP contribution in [0.4, 0.5) is 11.4 Å². The van der Waals surface area contributed by atoms with Crippen LogP contribution in [-0.4, -0.2) is 30.6 Å². The summed E-state index contributed by atoms with van der Waals surface area (Å²) in [4.78, 5) is 2.17. The molecule has 0 bridgehead atoms. The molecule has 0 aliphatic carbocycles. The fraction of sp³-hybridized carbons (Fsp3) is 0.167. The van der Waals surface area contributed by atoms with E-state index >= 15 is 0 Å². The van der Waals surface area contributed by atoms with Crippen molar-refractivity contribution in [1.29, 1.82) is 0 Å². The Bertz CT molecular complexity index is 479. The van der Waals surface area contributed by atoms with Crippen LogP contribution in [0.5, 0.6) is 0 Å². The van der Waals surface area contributed by atoms with Gasteiger partial charge in [-0.15, -0.1) is 13.2 Å². The van der Waals surface area contributed by atoms with E-state index in [-0.39, 0.29) is 0 Å². The fourth-order valence-corrected chi connectivity index (χ4v) is 1.28. The molecule has 0 aliphatic rings. The SMILES string of the molecule is C=CCN(CC=C)c1ccc(N)cc1.O=S(=O)(O)O. The quantitative estimate of drug-likeness (QED) is 0.433. The Balaban J connectivity index is 0.000000555. The third kappa shape index (κ3) is 9.83. The van der Waals surface area contributed by atoms with Gasteiger partial charge in [0, 0.05) is 24.5 Å². The van der Waals surface area contributed by atoms with Crippen molar-refractivity contribution in [3.63, 3.8) is 0 Å². The lowest BCUT2D eigenvalue weighted by Gasteiger charge is -2.21. The summed E-state index contributed by atoms with van der Waals surface area (Å²) in [5.41, 5.74) is 7.54. The van der Waals surface area contributed by atoms with Gasteiger partial charge in [0.2, 0.25) is 0 Å². The van der Waals surface area contributed by atoms with Gasteiger partial charge >= 0.3 is 10.4 Å². The predicted molar refractivity (Wildman–Crippen MR) is 77.6 cm³/mol. The van der Waals surface area contributed by atoms with Crippen molar-refractivity contribution < 1.29 is 17.5 Å². The second kappa shape index (κ2) is 8.30. The minimum Gasteiger partial charge on any atom is -0.399 e. The molecule has 0 saturated heterocycles. The molecule has 0 aliphatic heterocycles. The first-order valence-electron chi connectivity index (χ1n) is 5.30. The number of hydrogen-bond acceptors (Lipinski definition) is 4. The van der Waals surface area contributed by atoms with Crippen LogP contribution in [0.25, 0.3) is 0 Å². The Morgan fingerprint density at radius 1 is 1.11 bits per heavy atom. The van der Waals surface area contributed by atoms with Gasteiger partial charge in [-0.05, 0) is 24.3 Å². The molecular formula is C12H18N2O4S. The lowest BCUT2D eigenvalue weighted by Crippen LogP contribution is -2.22. The molecule has 0 heterocycles. The van der Waals surface area contributed by atoms with Gasteiger partial charge in [0.15, 0.2) is 0 Å². The molecule has 0 radical (unpaired) electrons. The van der Waals surface area contributed by atoms with Crippen LogP contribution in [-0.2, 0) is 10.4 Å². The molecule has 0 unspecified atom stereocenters. The Morgan fingerprint density at radius 2 is 1.47 bits per heavy atom. The number of nitrogens with zero attached hydrogens (tertiary/aromatic N) is 1. The van der Waals surface area contributed by atoms with Gasteiger partial charge in [0.05, 0.1) is 0 Å². The summed E-state index contributed by atoms with van der Waals surface area (Å²) in [5, 5.41) is 0. The summed E-state index contributed by atoms with van der Waals surface area (Å²) in [6.45, 7) is 9.08. The van der Waals surface area contributed by atoms with E-state index in [1.807, 2.05) is 36.4 Å². The van der Waals surface area contributed by atoms with E-state index in [0.717, 1.165) is 24.5 Å². The summed E-state index contributed by atoms with van der Waals surface area (Å²) in [7, 11) is -4.67. The maximum absolute atomic E-state index is 8.74. The zero-order valence-electron chi connectivity index (χ0n) is 10.4. The smallest absolute Gasteiger partial charge is 0.394 e. The number of rotatable bonds is 5. The molecule has 1 aromatic carbocycles. The molecule has 0 amide bonds. The van der Waals surface area contributed by atoms with Crippen molar-refractivity contribution in [2.75, 3.05) is 23.7 Å². The predicted octanol–water partition coefficient (Wildman–Crippen LogP) is 1.79. The summed E-state index contributed by atoms with van der Waals surface area (Å²) >= 11 is 0. The topological polar surface area (TPSA) is 104 Å². The van der Waals surface area contributed by atoms with Gasteiger partial charge in [-0.1, -0.05) is 12.2 Å². The number of nitrogen functional groups attached to an aromatic ring is 1. The molecule has 0 saturated carbocycles. The molecule has 4 N–H and O–H groups in total. The van der Waals surface area contributed by atoms with Crippen LogP contribution in [0, 0.1) is 0 Å². The van der Waals surface area contributed by atoms with Gasteiger partial charge in [-0.2, -0.15) is 8.42 Å². The number of hydrogen-bond donors (Lipinski definition) is 3. The second-order valence-corrected chi connectivity index (χ2v) is 4.42. The van der Waals surface area contributed by atoms with Crippen LogP contribution < -0.4 is 10.6 Å². The van der Waals surface area contributed by atoms with Crippen LogP contribution in [0.1, 0.15) is 0 Å². The Labute approximate surface area is 113 Å². The summed E-state index contributed by atoms with van der Waals surface area (Å²) < 4.78 is 31.6. The minimum absolute atomic E-state index is 0.783. The number of nitrogens with two attached hydrogens (primary N) is 1. The van der Waals surface area contributed by atoms with Gasteiger partial charge in [-0.25, -0.2) is 0 Å². The van der Waals surface area contributed by atoms with E-state index in [1.165, 1.54) is 0 Å². The van der Waals surface area contributed by atoms with Crippen LogP contribution >= 0.6 is 0 Å². The van der Waals surface area contributed by atoms with Crippen LogP contribution in [0.2, 0.25) is 0 Å². The van der Waals surface area contributed by atoms with E-state index in [9.17, 15) is 0 Å². The highest BCUT2D eigenvalue weighted by Crippen LogP contribution is 2.15. The summed E-state index contributed by atoms with van der Waals surface area (Å²) in [6, 6.07) is 7.80.